The summed E-state index contributed by atoms with van der Waals surface area (Å²) >= 11 is 0. The fourth-order valence-electron chi connectivity index (χ4n) is 2.86. The van der Waals surface area contributed by atoms with Crippen molar-refractivity contribution in [3.63, 3.8) is 0 Å². The van der Waals surface area contributed by atoms with Crippen LogP contribution in [-0.2, 0) is 13.1 Å². The van der Waals surface area contributed by atoms with Crippen LogP contribution in [0.25, 0.3) is 0 Å². The van der Waals surface area contributed by atoms with Gasteiger partial charge in [0.25, 0.3) is 0 Å². The number of hydrogen-bond donors (Lipinski definition) is 1. The van der Waals surface area contributed by atoms with E-state index < -0.39 is 0 Å². The first-order valence-electron chi connectivity index (χ1n) is 8.18. The Morgan fingerprint density at radius 1 is 1.14 bits per heavy atom. The molecule has 0 bridgehead atoms. The van der Waals surface area contributed by atoms with Gasteiger partial charge in [0, 0.05) is 12.1 Å². The summed E-state index contributed by atoms with van der Waals surface area (Å²) in [5, 5.41) is 3.46. The van der Waals surface area contributed by atoms with Crippen LogP contribution >= 0.6 is 0 Å². The fraction of sp³-hybridized carbons (Fsp3) is 0.778. The van der Waals surface area contributed by atoms with Crippen LogP contribution in [0.5, 0.6) is 0 Å². The monoisotopic (exact) mass is 292 g/mol. The molecule has 0 aromatic carbocycles. The van der Waals surface area contributed by atoms with Crippen LogP contribution in [0.3, 0.4) is 0 Å². The van der Waals surface area contributed by atoms with Crippen LogP contribution in [0.2, 0.25) is 0 Å². The first-order chi connectivity index (χ1) is 9.63. The lowest BCUT2D eigenvalue weighted by Gasteiger charge is -2.26. The van der Waals surface area contributed by atoms with Gasteiger partial charge < -0.3 is 9.73 Å². The molecule has 1 aromatic heterocycles. The molecule has 2 rings (SSSR count). The van der Waals surface area contributed by atoms with Gasteiger partial charge in [-0.05, 0) is 57.2 Å². The lowest BCUT2D eigenvalue weighted by molar-refractivity contribution is 0.218. The van der Waals surface area contributed by atoms with Crippen molar-refractivity contribution in [2.24, 2.45) is 11.3 Å². The third-order valence-electron chi connectivity index (χ3n) is 4.39. The van der Waals surface area contributed by atoms with E-state index in [-0.39, 0.29) is 5.54 Å². The Labute approximate surface area is 130 Å². The van der Waals surface area contributed by atoms with Gasteiger partial charge in [-0.15, -0.1) is 0 Å². The molecule has 1 N–H and O–H groups in total. The molecule has 1 aromatic rings. The zero-order valence-corrected chi connectivity index (χ0v) is 14.6. The van der Waals surface area contributed by atoms with E-state index >= 15 is 0 Å². The van der Waals surface area contributed by atoms with Gasteiger partial charge in [-0.1, -0.05) is 20.8 Å². The Morgan fingerprint density at radius 3 is 2.38 bits per heavy atom. The van der Waals surface area contributed by atoms with E-state index in [2.05, 4.69) is 63.9 Å². The largest absolute Gasteiger partial charge is 0.463 e. The second kappa shape index (κ2) is 6.13. The minimum Gasteiger partial charge on any atom is -0.463 e. The number of likely N-dealkylation sites (tertiary alicyclic amines) is 1. The molecule has 0 aliphatic carbocycles. The van der Waals surface area contributed by atoms with Crippen molar-refractivity contribution in [1.29, 1.82) is 0 Å². The van der Waals surface area contributed by atoms with Crippen molar-refractivity contribution < 1.29 is 4.42 Å². The van der Waals surface area contributed by atoms with Crippen LogP contribution in [0.4, 0.5) is 0 Å². The Hall–Kier alpha value is -0.800. The van der Waals surface area contributed by atoms with E-state index in [0.717, 1.165) is 30.5 Å². The third kappa shape index (κ3) is 5.15. The van der Waals surface area contributed by atoms with Crippen molar-refractivity contribution in [2.75, 3.05) is 13.1 Å². The molecule has 0 radical (unpaired) electrons. The number of nitrogens with zero attached hydrogens (tertiary/aromatic N) is 1. The van der Waals surface area contributed by atoms with Crippen molar-refractivity contribution in [3.8, 4) is 0 Å². The SMILES string of the molecule is CC(C)(C)NCc1ccc(CN2CCC(C(C)(C)C)C2)o1. The van der Waals surface area contributed by atoms with Crippen molar-refractivity contribution in [2.45, 2.75) is 66.6 Å². The number of hydrogen-bond acceptors (Lipinski definition) is 3. The van der Waals surface area contributed by atoms with Gasteiger partial charge in [0.15, 0.2) is 0 Å². The maximum atomic E-state index is 5.96. The highest BCUT2D eigenvalue weighted by atomic mass is 16.3. The molecular formula is C18H32N2O. The minimum absolute atomic E-state index is 0.127. The summed E-state index contributed by atoms with van der Waals surface area (Å²) in [4.78, 5) is 2.52. The molecule has 1 aliphatic heterocycles. The summed E-state index contributed by atoms with van der Waals surface area (Å²) < 4.78 is 5.96. The number of furan rings is 1. The molecule has 0 saturated carbocycles. The molecule has 1 saturated heterocycles. The van der Waals surface area contributed by atoms with Gasteiger partial charge in [-0.2, -0.15) is 0 Å². The molecule has 120 valence electrons. The molecule has 21 heavy (non-hydrogen) atoms. The maximum Gasteiger partial charge on any atom is 0.118 e. The molecule has 1 fully saturated rings. The molecule has 3 heteroatoms. The van der Waals surface area contributed by atoms with Gasteiger partial charge >= 0.3 is 0 Å². The predicted molar refractivity (Wildman–Crippen MR) is 88.1 cm³/mol. The summed E-state index contributed by atoms with van der Waals surface area (Å²) in [6.07, 6.45) is 1.31. The first-order valence-corrected chi connectivity index (χ1v) is 8.18. The smallest absolute Gasteiger partial charge is 0.118 e. The summed E-state index contributed by atoms with van der Waals surface area (Å²) in [5.74, 6) is 2.93. The maximum absolute atomic E-state index is 5.96. The quantitative estimate of drug-likeness (QED) is 0.908. The first kappa shape index (κ1) is 16.6. The average molecular weight is 292 g/mol. The minimum atomic E-state index is 0.127. The van der Waals surface area contributed by atoms with Crippen LogP contribution in [-0.4, -0.2) is 23.5 Å². The van der Waals surface area contributed by atoms with Gasteiger partial charge in [-0.3, -0.25) is 4.90 Å². The molecule has 1 aliphatic rings. The summed E-state index contributed by atoms with van der Waals surface area (Å²) in [6, 6.07) is 4.23. The van der Waals surface area contributed by atoms with Crippen molar-refractivity contribution >= 4 is 0 Å². The average Bonchev–Trinajstić information content (AvgIpc) is 2.94. The lowest BCUT2D eigenvalue weighted by Crippen LogP contribution is -2.34. The zero-order chi connectivity index (χ0) is 15.7. The van der Waals surface area contributed by atoms with Crippen molar-refractivity contribution in [3.05, 3.63) is 23.7 Å². The molecule has 3 nitrogen and oxygen atoms in total. The highest BCUT2D eigenvalue weighted by Crippen LogP contribution is 2.34. The van der Waals surface area contributed by atoms with E-state index in [4.69, 9.17) is 4.42 Å². The van der Waals surface area contributed by atoms with Crippen LogP contribution in [0, 0.1) is 11.3 Å². The standard InChI is InChI=1S/C18H32N2O/c1-17(2,3)14-9-10-20(12-14)13-16-8-7-15(21-16)11-19-18(4,5)6/h7-8,14,19H,9-13H2,1-6H3. The number of rotatable bonds is 4. The molecule has 0 spiro atoms. The van der Waals surface area contributed by atoms with Crippen LogP contribution < -0.4 is 5.32 Å². The Kier molecular flexibility index (Phi) is 4.84. The van der Waals surface area contributed by atoms with Crippen LogP contribution in [0.15, 0.2) is 16.5 Å². The molecule has 1 unspecified atom stereocenters. The Morgan fingerprint density at radius 2 is 1.81 bits per heavy atom. The summed E-state index contributed by atoms with van der Waals surface area (Å²) in [5.41, 5.74) is 0.543. The van der Waals surface area contributed by atoms with Gasteiger partial charge in [-0.25, -0.2) is 0 Å². The predicted octanol–water partition coefficient (Wildman–Crippen LogP) is 4.04. The van der Waals surface area contributed by atoms with E-state index in [1.54, 1.807) is 0 Å². The van der Waals surface area contributed by atoms with Crippen LogP contribution in [0.1, 0.15) is 59.5 Å². The van der Waals surface area contributed by atoms with Crippen molar-refractivity contribution in [1.82, 2.24) is 10.2 Å². The highest BCUT2D eigenvalue weighted by Gasteiger charge is 2.31. The van der Waals surface area contributed by atoms with Gasteiger partial charge in [0.05, 0.1) is 13.1 Å². The Bertz CT molecular complexity index is 451. The third-order valence-corrected chi connectivity index (χ3v) is 4.39. The number of nitrogens with one attached hydrogen (secondary N) is 1. The summed E-state index contributed by atoms with van der Waals surface area (Å²) in [7, 11) is 0. The van der Waals surface area contributed by atoms with E-state index in [1.165, 1.54) is 19.5 Å². The fourth-order valence-corrected chi connectivity index (χ4v) is 2.86. The van der Waals surface area contributed by atoms with Gasteiger partial charge in [0.2, 0.25) is 0 Å². The molecule has 2 heterocycles. The van der Waals surface area contributed by atoms with E-state index in [0.29, 0.717) is 5.41 Å². The normalized spacial score (nSPS) is 21.1. The van der Waals surface area contributed by atoms with Gasteiger partial charge in [0.1, 0.15) is 11.5 Å². The molecular weight excluding hydrogens is 260 g/mol. The molecule has 1 atom stereocenters. The summed E-state index contributed by atoms with van der Waals surface area (Å²) in [6.45, 7) is 17.7. The lowest BCUT2D eigenvalue weighted by atomic mass is 9.80. The van der Waals surface area contributed by atoms with E-state index in [9.17, 15) is 0 Å². The van der Waals surface area contributed by atoms with E-state index in [1.807, 2.05) is 0 Å². The molecule has 0 amide bonds. The second-order valence-electron chi connectivity index (χ2n) is 8.56. The highest BCUT2D eigenvalue weighted by molar-refractivity contribution is 5.07. The Balaban J connectivity index is 1.83. The second-order valence-corrected chi connectivity index (χ2v) is 8.56. The topological polar surface area (TPSA) is 28.4 Å². The zero-order valence-electron chi connectivity index (χ0n) is 14.6.